The number of benzene rings is 8. The van der Waals surface area contributed by atoms with Crippen molar-refractivity contribution in [1.82, 2.24) is 9.97 Å². The fourth-order valence-corrected chi connectivity index (χ4v) is 14.1. The third-order valence-corrected chi connectivity index (χ3v) is 16.6. The Labute approximate surface area is 367 Å². The van der Waals surface area contributed by atoms with Crippen LogP contribution in [-0.4, -0.2) is 9.97 Å². The summed E-state index contributed by atoms with van der Waals surface area (Å²) in [6.45, 7) is 0. The minimum atomic E-state index is 0.103. The quantitative estimate of drug-likeness (QED) is 0.162. The van der Waals surface area contributed by atoms with Crippen LogP contribution in [-0.2, 0) is 5.41 Å². The molecule has 3 aliphatic rings. The van der Waals surface area contributed by atoms with Crippen LogP contribution >= 0.6 is 11.3 Å². The van der Waals surface area contributed by atoms with E-state index >= 15 is 0 Å². The molecular formula is C59H48N2S. The first kappa shape index (κ1) is 36.5. The largest absolute Gasteiger partial charge is 0.252 e. The SMILES string of the molecule is c1cc(-c2cnc3c4ccccc4c4ccccc4c3n2)cc(-c2cccc3c2sc2c(-c4ccc5c(c4)C(C4CCCCC4)(C4CCCCC4)c4ccccc4-5)cccc23)c1. The normalized spacial score (nSPS) is 16.7. The monoisotopic (exact) mass is 816 g/mol. The zero-order valence-corrected chi connectivity index (χ0v) is 35.9. The van der Waals surface area contributed by atoms with Crippen molar-refractivity contribution in [3.63, 3.8) is 0 Å². The van der Waals surface area contributed by atoms with Gasteiger partial charge in [0.15, 0.2) is 0 Å². The second-order valence-corrected chi connectivity index (χ2v) is 19.5. The van der Waals surface area contributed by atoms with Gasteiger partial charge in [0, 0.05) is 41.9 Å². The molecule has 0 unspecified atom stereocenters. The minimum absolute atomic E-state index is 0.103. The standard InChI is InChI=1S/C59H48N2S/c1-3-18-40(19-4-1)59(41-20-5-2-6-21-41)52-31-12-11-24-46(52)47-33-32-38(35-53(47)59)43-28-15-30-51-50-29-14-27-42(57(50)62-58(43)51)37-16-13-17-39(34-37)54-36-60-55-48-25-9-7-22-44(48)45-23-8-10-26-49(45)56(55)61-54/h7-17,22-36,40-41H,1-6,18-21H2. The van der Waals surface area contributed by atoms with E-state index in [-0.39, 0.29) is 5.41 Å². The van der Waals surface area contributed by atoms with Crippen LogP contribution in [0.25, 0.3) is 97.4 Å². The maximum absolute atomic E-state index is 5.35. The van der Waals surface area contributed by atoms with Gasteiger partial charge in [0.25, 0.3) is 0 Å². The summed E-state index contributed by atoms with van der Waals surface area (Å²) < 4.78 is 2.71. The van der Waals surface area contributed by atoms with E-state index < -0.39 is 0 Å². The van der Waals surface area contributed by atoms with Crippen LogP contribution in [0.3, 0.4) is 0 Å². The molecule has 3 heteroatoms. The smallest absolute Gasteiger partial charge is 0.0979 e. The average Bonchev–Trinajstić information content (AvgIpc) is 3.88. The Morgan fingerprint density at radius 3 is 1.60 bits per heavy atom. The van der Waals surface area contributed by atoms with Gasteiger partial charge in [0.05, 0.1) is 22.9 Å². The van der Waals surface area contributed by atoms with Crippen molar-refractivity contribution in [3.05, 3.63) is 169 Å². The first-order valence-corrected chi connectivity index (χ1v) is 23.9. The molecular weight excluding hydrogens is 769 g/mol. The molecule has 300 valence electrons. The Morgan fingerprint density at radius 1 is 0.403 bits per heavy atom. The Bertz CT molecular complexity index is 3340. The highest BCUT2D eigenvalue weighted by Gasteiger charge is 2.53. The molecule has 0 N–H and O–H groups in total. The fraction of sp³-hybridized carbons (Fsp3) is 0.220. The van der Waals surface area contributed by atoms with Crippen LogP contribution in [0.2, 0.25) is 0 Å². The summed E-state index contributed by atoms with van der Waals surface area (Å²) in [6, 6.07) is 57.2. The van der Waals surface area contributed by atoms with E-state index in [1.54, 1.807) is 11.1 Å². The number of nitrogens with zero attached hydrogens (tertiary/aromatic N) is 2. The van der Waals surface area contributed by atoms with Gasteiger partial charge in [0.1, 0.15) is 0 Å². The van der Waals surface area contributed by atoms with Crippen LogP contribution in [0.5, 0.6) is 0 Å². The van der Waals surface area contributed by atoms with Gasteiger partial charge in [-0.05, 0) is 105 Å². The van der Waals surface area contributed by atoms with Crippen molar-refractivity contribution in [2.24, 2.45) is 11.8 Å². The average molecular weight is 817 g/mol. The number of thiophene rings is 1. The molecule has 8 aromatic carbocycles. The molecule has 0 spiro atoms. The lowest BCUT2D eigenvalue weighted by atomic mass is 9.54. The van der Waals surface area contributed by atoms with Crippen LogP contribution in [0.4, 0.5) is 0 Å². The summed E-state index contributed by atoms with van der Waals surface area (Å²) in [7, 11) is 0. The lowest BCUT2D eigenvalue weighted by Gasteiger charge is -2.49. The van der Waals surface area contributed by atoms with Gasteiger partial charge in [-0.15, -0.1) is 11.3 Å². The molecule has 3 aliphatic carbocycles. The van der Waals surface area contributed by atoms with Crippen molar-refractivity contribution in [2.75, 3.05) is 0 Å². The van der Waals surface area contributed by atoms with Crippen LogP contribution in [0.1, 0.15) is 75.3 Å². The third kappa shape index (κ3) is 5.40. The molecule has 0 saturated heterocycles. The summed E-state index contributed by atoms with van der Waals surface area (Å²) in [5.41, 5.74) is 15.4. The second-order valence-electron chi connectivity index (χ2n) is 18.4. The predicted octanol–water partition coefficient (Wildman–Crippen LogP) is 16.7. The molecule has 62 heavy (non-hydrogen) atoms. The van der Waals surface area contributed by atoms with Crippen molar-refractivity contribution < 1.29 is 0 Å². The van der Waals surface area contributed by atoms with E-state index in [9.17, 15) is 0 Å². The molecule has 2 nitrogen and oxygen atoms in total. The van der Waals surface area contributed by atoms with E-state index in [0.717, 1.165) is 33.1 Å². The van der Waals surface area contributed by atoms with Crippen LogP contribution in [0.15, 0.2) is 158 Å². The molecule has 2 saturated carbocycles. The molecule has 2 heterocycles. The van der Waals surface area contributed by atoms with Gasteiger partial charge in [-0.1, -0.05) is 178 Å². The number of hydrogen-bond donors (Lipinski definition) is 0. The molecule has 0 aliphatic heterocycles. The maximum atomic E-state index is 5.35. The zero-order valence-electron chi connectivity index (χ0n) is 35.0. The van der Waals surface area contributed by atoms with Crippen LogP contribution < -0.4 is 0 Å². The molecule has 2 fully saturated rings. The molecule has 2 aromatic heterocycles. The molecule has 0 atom stereocenters. The lowest BCUT2D eigenvalue weighted by Crippen LogP contribution is -2.44. The summed E-state index contributed by atoms with van der Waals surface area (Å²) >= 11 is 1.96. The van der Waals surface area contributed by atoms with Gasteiger partial charge in [-0.2, -0.15) is 0 Å². The van der Waals surface area contributed by atoms with Crippen LogP contribution in [0, 0.1) is 11.8 Å². The van der Waals surface area contributed by atoms with Gasteiger partial charge in [0.2, 0.25) is 0 Å². The first-order chi connectivity index (χ1) is 30.8. The predicted molar refractivity (Wildman–Crippen MR) is 263 cm³/mol. The van der Waals surface area contributed by atoms with Crippen molar-refractivity contribution in [3.8, 4) is 44.6 Å². The summed E-state index contributed by atoms with van der Waals surface area (Å²) in [5, 5.41) is 7.37. The van der Waals surface area contributed by atoms with E-state index in [1.165, 1.54) is 129 Å². The van der Waals surface area contributed by atoms with E-state index in [2.05, 4.69) is 152 Å². The third-order valence-electron chi connectivity index (χ3n) is 15.4. The summed E-state index contributed by atoms with van der Waals surface area (Å²) in [4.78, 5) is 10.4. The topological polar surface area (TPSA) is 25.8 Å². The number of rotatable bonds is 5. The Morgan fingerprint density at radius 2 is 0.919 bits per heavy atom. The zero-order chi connectivity index (χ0) is 40.8. The van der Waals surface area contributed by atoms with Gasteiger partial charge < -0.3 is 0 Å². The number of aromatic nitrogens is 2. The molecule has 13 rings (SSSR count). The van der Waals surface area contributed by atoms with E-state index in [4.69, 9.17) is 9.97 Å². The highest BCUT2D eigenvalue weighted by Crippen LogP contribution is 2.62. The van der Waals surface area contributed by atoms with E-state index in [0.29, 0.717) is 11.8 Å². The minimum Gasteiger partial charge on any atom is -0.252 e. The van der Waals surface area contributed by atoms with Gasteiger partial charge >= 0.3 is 0 Å². The van der Waals surface area contributed by atoms with Crippen molar-refractivity contribution in [1.29, 1.82) is 0 Å². The summed E-state index contributed by atoms with van der Waals surface area (Å²) in [6.07, 6.45) is 15.6. The van der Waals surface area contributed by atoms with Gasteiger partial charge in [-0.25, -0.2) is 4.98 Å². The fourth-order valence-electron chi connectivity index (χ4n) is 12.7. The Hall–Kier alpha value is -6.16. The molecule has 10 aromatic rings. The Kier molecular flexibility index (Phi) is 8.51. The lowest BCUT2D eigenvalue weighted by molar-refractivity contribution is 0.137. The highest BCUT2D eigenvalue weighted by atomic mass is 32.1. The maximum Gasteiger partial charge on any atom is 0.0979 e. The molecule has 0 radical (unpaired) electrons. The highest BCUT2D eigenvalue weighted by molar-refractivity contribution is 7.26. The molecule has 0 bridgehead atoms. The summed E-state index contributed by atoms with van der Waals surface area (Å²) in [5.74, 6) is 1.41. The first-order valence-electron chi connectivity index (χ1n) is 23.1. The van der Waals surface area contributed by atoms with E-state index in [1.807, 2.05) is 17.5 Å². The molecule has 0 amide bonds. The van der Waals surface area contributed by atoms with Crippen molar-refractivity contribution in [2.45, 2.75) is 69.6 Å². The Balaban J connectivity index is 0.943. The number of fused-ring (bicyclic) bond motifs is 12. The second kappa shape index (κ2) is 14.5. The van der Waals surface area contributed by atoms with Crippen molar-refractivity contribution >= 4 is 64.1 Å². The van der Waals surface area contributed by atoms with Gasteiger partial charge in [-0.3, -0.25) is 4.98 Å². The number of hydrogen-bond acceptors (Lipinski definition) is 3.